The molecule has 1 N–H and O–H groups in total. The number of halogens is 1. The molecule has 4 nitrogen and oxygen atoms in total. The van der Waals surface area contributed by atoms with Gasteiger partial charge in [-0.2, -0.15) is 0 Å². The van der Waals surface area contributed by atoms with Gasteiger partial charge in [0, 0.05) is 6.54 Å². The Labute approximate surface area is 126 Å². The topological polar surface area (TPSA) is 49.4 Å². The summed E-state index contributed by atoms with van der Waals surface area (Å²) in [5.41, 5.74) is 0.339. The van der Waals surface area contributed by atoms with E-state index in [4.69, 9.17) is 0 Å². The van der Waals surface area contributed by atoms with E-state index in [1.54, 1.807) is 6.92 Å². The molecule has 1 aliphatic rings. The van der Waals surface area contributed by atoms with Crippen LogP contribution in [0.1, 0.15) is 31.2 Å². The quantitative estimate of drug-likeness (QED) is 0.820. The standard InChI is InChI=1S/C15H23FN2O2S/c1-13-12-14(6-7-15(13)16)21(19,20)17-8-5-11-18-9-3-2-4-10-18/h6-7,12,17H,2-5,8-11H2,1H3. The maximum absolute atomic E-state index is 13.2. The van der Waals surface area contributed by atoms with Crippen molar-refractivity contribution in [3.05, 3.63) is 29.6 Å². The number of nitrogens with zero attached hydrogens (tertiary/aromatic N) is 1. The fourth-order valence-corrected chi connectivity index (χ4v) is 3.72. The van der Waals surface area contributed by atoms with Gasteiger partial charge in [0.25, 0.3) is 0 Å². The monoisotopic (exact) mass is 314 g/mol. The zero-order valence-electron chi connectivity index (χ0n) is 12.4. The van der Waals surface area contributed by atoms with Crippen molar-refractivity contribution in [2.75, 3.05) is 26.2 Å². The van der Waals surface area contributed by atoms with Gasteiger partial charge in [-0.15, -0.1) is 0 Å². The average molecular weight is 314 g/mol. The number of likely N-dealkylation sites (tertiary alicyclic amines) is 1. The van der Waals surface area contributed by atoms with E-state index < -0.39 is 10.0 Å². The van der Waals surface area contributed by atoms with Gasteiger partial charge < -0.3 is 4.90 Å². The Balaban J connectivity index is 1.82. The van der Waals surface area contributed by atoms with Crippen LogP contribution >= 0.6 is 0 Å². The highest BCUT2D eigenvalue weighted by Gasteiger charge is 2.15. The second kappa shape index (κ2) is 7.33. The highest BCUT2D eigenvalue weighted by molar-refractivity contribution is 7.89. The first-order valence-corrected chi connectivity index (χ1v) is 8.95. The normalized spacial score (nSPS) is 17.0. The summed E-state index contributed by atoms with van der Waals surface area (Å²) >= 11 is 0. The number of rotatable bonds is 6. The van der Waals surface area contributed by atoms with Crippen LogP contribution in [0, 0.1) is 12.7 Å². The number of piperidine rings is 1. The summed E-state index contributed by atoms with van der Waals surface area (Å²) in [5, 5.41) is 0. The summed E-state index contributed by atoms with van der Waals surface area (Å²) in [7, 11) is -3.54. The van der Waals surface area contributed by atoms with Crippen molar-refractivity contribution in [3.63, 3.8) is 0 Å². The lowest BCUT2D eigenvalue weighted by atomic mass is 10.1. The largest absolute Gasteiger partial charge is 0.303 e. The van der Waals surface area contributed by atoms with Gasteiger partial charge in [0.1, 0.15) is 5.82 Å². The first-order chi connectivity index (χ1) is 9.99. The molecule has 0 saturated carbocycles. The molecule has 21 heavy (non-hydrogen) atoms. The zero-order valence-corrected chi connectivity index (χ0v) is 13.3. The van der Waals surface area contributed by atoms with Crippen molar-refractivity contribution in [1.82, 2.24) is 9.62 Å². The molecule has 6 heteroatoms. The third-order valence-corrected chi connectivity index (χ3v) is 5.29. The van der Waals surface area contributed by atoms with E-state index in [1.807, 2.05) is 0 Å². The molecule has 0 bridgehead atoms. The summed E-state index contributed by atoms with van der Waals surface area (Å²) in [6.07, 6.45) is 4.56. The lowest BCUT2D eigenvalue weighted by Crippen LogP contribution is -2.33. The van der Waals surface area contributed by atoms with Gasteiger partial charge in [0.15, 0.2) is 0 Å². The van der Waals surface area contributed by atoms with Crippen LogP contribution in [0.25, 0.3) is 0 Å². The first kappa shape index (κ1) is 16.4. The fourth-order valence-electron chi connectivity index (χ4n) is 2.56. The molecule has 0 aromatic heterocycles. The van der Waals surface area contributed by atoms with Crippen LogP contribution < -0.4 is 4.72 Å². The van der Waals surface area contributed by atoms with E-state index in [0.29, 0.717) is 12.1 Å². The third-order valence-electron chi connectivity index (χ3n) is 3.83. The SMILES string of the molecule is Cc1cc(S(=O)(=O)NCCCN2CCCCC2)ccc1F. The van der Waals surface area contributed by atoms with Gasteiger partial charge in [-0.1, -0.05) is 6.42 Å². The minimum atomic E-state index is -3.54. The molecule has 1 heterocycles. The number of hydrogen-bond donors (Lipinski definition) is 1. The van der Waals surface area contributed by atoms with Crippen LogP contribution in [0.3, 0.4) is 0 Å². The van der Waals surface area contributed by atoms with Crippen molar-refractivity contribution in [2.24, 2.45) is 0 Å². The first-order valence-electron chi connectivity index (χ1n) is 7.47. The summed E-state index contributed by atoms with van der Waals surface area (Å²) in [6.45, 7) is 5.12. The predicted molar refractivity (Wildman–Crippen MR) is 81.2 cm³/mol. The third kappa shape index (κ3) is 4.76. The molecule has 1 fully saturated rings. The predicted octanol–water partition coefficient (Wildman–Crippen LogP) is 2.29. The van der Waals surface area contributed by atoms with E-state index >= 15 is 0 Å². The van der Waals surface area contributed by atoms with Gasteiger partial charge in [0.05, 0.1) is 4.90 Å². The minimum absolute atomic E-state index is 0.124. The van der Waals surface area contributed by atoms with Crippen LogP contribution in [-0.4, -0.2) is 39.5 Å². The van der Waals surface area contributed by atoms with Crippen LogP contribution in [0.5, 0.6) is 0 Å². The Bertz CT molecular complexity index is 569. The molecule has 0 radical (unpaired) electrons. The highest BCUT2D eigenvalue weighted by atomic mass is 32.2. The molecule has 0 unspecified atom stereocenters. The molecular weight excluding hydrogens is 291 g/mol. The van der Waals surface area contributed by atoms with Crippen molar-refractivity contribution in [3.8, 4) is 0 Å². The smallest absolute Gasteiger partial charge is 0.240 e. The molecule has 2 rings (SSSR count). The van der Waals surface area contributed by atoms with E-state index in [2.05, 4.69) is 9.62 Å². The number of hydrogen-bond acceptors (Lipinski definition) is 3. The second-order valence-corrected chi connectivity index (χ2v) is 7.33. The summed E-state index contributed by atoms with van der Waals surface area (Å²) in [4.78, 5) is 2.50. The number of nitrogens with one attached hydrogen (secondary N) is 1. The van der Waals surface area contributed by atoms with Gasteiger partial charge in [-0.05, 0) is 69.6 Å². The maximum Gasteiger partial charge on any atom is 0.240 e. The van der Waals surface area contributed by atoms with Gasteiger partial charge in [0.2, 0.25) is 10.0 Å². The number of sulfonamides is 1. The molecule has 1 aromatic carbocycles. The van der Waals surface area contributed by atoms with Gasteiger partial charge >= 0.3 is 0 Å². The summed E-state index contributed by atoms with van der Waals surface area (Å²) in [5.74, 6) is -0.390. The van der Waals surface area contributed by atoms with E-state index in [-0.39, 0.29) is 10.7 Å². The molecule has 0 spiro atoms. The average Bonchev–Trinajstić information content (AvgIpc) is 2.47. The van der Waals surface area contributed by atoms with Crippen LogP contribution in [0.15, 0.2) is 23.1 Å². The Hall–Kier alpha value is -0.980. The molecule has 1 aliphatic heterocycles. The highest BCUT2D eigenvalue weighted by Crippen LogP contribution is 2.14. The summed E-state index contributed by atoms with van der Waals surface area (Å²) in [6, 6.07) is 3.86. The maximum atomic E-state index is 13.2. The Morgan fingerprint density at radius 1 is 1.24 bits per heavy atom. The van der Waals surface area contributed by atoms with Crippen molar-refractivity contribution < 1.29 is 12.8 Å². The van der Waals surface area contributed by atoms with Crippen molar-refractivity contribution in [2.45, 2.75) is 37.5 Å². The van der Waals surface area contributed by atoms with E-state index in [9.17, 15) is 12.8 Å². The van der Waals surface area contributed by atoms with Gasteiger partial charge in [-0.25, -0.2) is 17.5 Å². The Morgan fingerprint density at radius 3 is 2.62 bits per heavy atom. The van der Waals surface area contributed by atoms with Crippen molar-refractivity contribution >= 4 is 10.0 Å². The molecule has 0 aliphatic carbocycles. The Morgan fingerprint density at radius 2 is 1.95 bits per heavy atom. The molecule has 1 saturated heterocycles. The number of benzene rings is 1. The van der Waals surface area contributed by atoms with Crippen LogP contribution in [-0.2, 0) is 10.0 Å². The van der Waals surface area contributed by atoms with Gasteiger partial charge in [-0.3, -0.25) is 0 Å². The molecule has 118 valence electrons. The van der Waals surface area contributed by atoms with Crippen LogP contribution in [0.2, 0.25) is 0 Å². The lowest BCUT2D eigenvalue weighted by molar-refractivity contribution is 0.227. The Kier molecular flexibility index (Phi) is 5.72. The molecule has 0 atom stereocenters. The minimum Gasteiger partial charge on any atom is -0.303 e. The molecule has 0 amide bonds. The number of aryl methyl sites for hydroxylation is 1. The fraction of sp³-hybridized carbons (Fsp3) is 0.600. The van der Waals surface area contributed by atoms with E-state index in [0.717, 1.165) is 26.1 Å². The zero-order chi connectivity index (χ0) is 15.3. The van der Waals surface area contributed by atoms with E-state index in [1.165, 1.54) is 37.5 Å². The van der Waals surface area contributed by atoms with Crippen LogP contribution in [0.4, 0.5) is 4.39 Å². The lowest BCUT2D eigenvalue weighted by Gasteiger charge is -2.26. The second-order valence-electron chi connectivity index (χ2n) is 5.56. The van der Waals surface area contributed by atoms with Crippen molar-refractivity contribution in [1.29, 1.82) is 0 Å². The summed E-state index contributed by atoms with van der Waals surface area (Å²) < 4.78 is 40.0. The molecule has 1 aromatic rings. The molecular formula is C15H23FN2O2S.